The van der Waals surface area contributed by atoms with E-state index in [1.54, 1.807) is 11.1 Å². The maximum atomic E-state index is 2.71. The normalized spacial score (nSPS) is 50.4. The van der Waals surface area contributed by atoms with Crippen molar-refractivity contribution >= 4 is 0 Å². The van der Waals surface area contributed by atoms with E-state index in [-0.39, 0.29) is 43.3 Å². The van der Waals surface area contributed by atoms with E-state index in [4.69, 9.17) is 0 Å². The Labute approximate surface area is 245 Å². The van der Waals surface area contributed by atoms with Crippen molar-refractivity contribution in [1.82, 2.24) is 0 Å². The minimum Gasteiger partial charge on any atom is -0.0799 e. The number of hydrogen-bond donors (Lipinski definition) is 0. The second-order valence-corrected chi connectivity index (χ2v) is 16.6. The first kappa shape index (κ1) is 28.1. The Hall–Kier alpha value is -2.08. The summed E-state index contributed by atoms with van der Waals surface area (Å²) in [6.45, 7) is 30.4. The molecule has 6 aliphatic rings. The Bertz CT molecular complexity index is 1410. The van der Waals surface area contributed by atoms with E-state index < -0.39 is 0 Å². The standard InChI is InChI=1S/C40H54/c1-13-28-24-30(33(3,4)5)25-32(28)31-19-18-29-26-38(10)36(8)22-15-14-20-34(36,6)35(7)21-16-17-23-37(35,9)40(38,12)39(29,11)27(31)2/h14-25,28-29H,13,26H2,1-12H3. The smallest absolute Gasteiger partial charge is 0.00475 e. The number of fused-ring (bicyclic) bond motifs is 8. The zero-order chi connectivity index (χ0) is 29.4. The molecule has 0 heteroatoms. The SMILES string of the molecule is CCC1C=C(C(C)(C)C)C=C1C1=C(C)C2(C)C(C=C1)CC1(C)C3(C)C=CC=CC3(C)C3(C)C=CC=CC3(C)C21C. The van der Waals surface area contributed by atoms with Crippen LogP contribution in [0.25, 0.3) is 0 Å². The quantitative estimate of drug-likeness (QED) is 0.330. The third kappa shape index (κ3) is 2.64. The summed E-state index contributed by atoms with van der Waals surface area (Å²) < 4.78 is 0. The molecule has 0 aromatic carbocycles. The van der Waals surface area contributed by atoms with Gasteiger partial charge in [-0.15, -0.1) is 0 Å². The molecule has 0 aromatic rings. The van der Waals surface area contributed by atoms with Crippen LogP contribution < -0.4 is 0 Å². The maximum absolute atomic E-state index is 2.71. The average molecular weight is 535 g/mol. The van der Waals surface area contributed by atoms with Gasteiger partial charge in [0.15, 0.2) is 0 Å². The van der Waals surface area contributed by atoms with Gasteiger partial charge in [-0.3, -0.25) is 0 Å². The lowest BCUT2D eigenvalue weighted by Crippen LogP contribution is -2.75. The van der Waals surface area contributed by atoms with Crippen LogP contribution in [0.5, 0.6) is 0 Å². The highest BCUT2D eigenvalue weighted by atomic mass is 14.9. The molecule has 0 heterocycles. The highest BCUT2D eigenvalue weighted by Crippen LogP contribution is 2.89. The van der Waals surface area contributed by atoms with Crippen molar-refractivity contribution in [2.24, 2.45) is 55.2 Å². The molecule has 6 aliphatic carbocycles. The number of rotatable bonds is 2. The molecule has 40 heavy (non-hydrogen) atoms. The molecule has 0 spiro atoms. The van der Waals surface area contributed by atoms with Crippen LogP contribution in [0.4, 0.5) is 0 Å². The molecule has 0 bridgehead atoms. The topological polar surface area (TPSA) is 0 Å². The van der Waals surface area contributed by atoms with Crippen molar-refractivity contribution in [2.75, 3.05) is 0 Å². The highest BCUT2D eigenvalue weighted by Gasteiger charge is 2.84. The first-order chi connectivity index (χ1) is 18.4. The van der Waals surface area contributed by atoms with Crippen molar-refractivity contribution in [2.45, 2.75) is 95.9 Å². The van der Waals surface area contributed by atoms with Crippen LogP contribution in [0.2, 0.25) is 0 Å². The largest absolute Gasteiger partial charge is 0.0799 e. The Balaban J connectivity index is 1.64. The Morgan fingerprint density at radius 3 is 1.85 bits per heavy atom. The maximum Gasteiger partial charge on any atom is 0.00475 e. The van der Waals surface area contributed by atoms with Crippen molar-refractivity contribution < 1.29 is 0 Å². The first-order valence-corrected chi connectivity index (χ1v) is 16.0. The average Bonchev–Trinajstić information content (AvgIpc) is 3.41. The summed E-state index contributed by atoms with van der Waals surface area (Å²) in [5.41, 5.74) is 6.44. The fourth-order valence-corrected chi connectivity index (χ4v) is 11.7. The summed E-state index contributed by atoms with van der Waals surface area (Å²) in [6.07, 6.45) is 32.5. The number of hydrogen-bond acceptors (Lipinski definition) is 0. The molecule has 0 aliphatic heterocycles. The van der Waals surface area contributed by atoms with E-state index in [2.05, 4.69) is 156 Å². The third-order valence-corrected chi connectivity index (χ3v) is 15.3. The van der Waals surface area contributed by atoms with Crippen LogP contribution in [0.1, 0.15) is 95.9 Å². The summed E-state index contributed by atoms with van der Waals surface area (Å²) in [7, 11) is 0. The molecule has 6 rings (SSSR count). The van der Waals surface area contributed by atoms with E-state index in [0.29, 0.717) is 11.8 Å². The lowest BCUT2D eigenvalue weighted by atomic mass is 9.23. The fourth-order valence-electron chi connectivity index (χ4n) is 11.7. The van der Waals surface area contributed by atoms with Crippen molar-refractivity contribution in [3.05, 3.63) is 95.2 Å². The van der Waals surface area contributed by atoms with E-state index in [9.17, 15) is 0 Å². The molecular formula is C40H54. The molecule has 214 valence electrons. The molecule has 0 saturated heterocycles. The van der Waals surface area contributed by atoms with Gasteiger partial charge in [-0.05, 0) is 58.6 Å². The molecule has 0 aromatic heterocycles. The van der Waals surface area contributed by atoms with E-state index in [1.165, 1.54) is 17.6 Å². The predicted octanol–water partition coefficient (Wildman–Crippen LogP) is 11.1. The van der Waals surface area contributed by atoms with Gasteiger partial charge in [0, 0.05) is 33.0 Å². The van der Waals surface area contributed by atoms with Gasteiger partial charge < -0.3 is 0 Å². The van der Waals surface area contributed by atoms with Gasteiger partial charge in [0.1, 0.15) is 0 Å². The van der Waals surface area contributed by atoms with Gasteiger partial charge in [-0.25, -0.2) is 0 Å². The molecule has 2 fully saturated rings. The summed E-state index contributed by atoms with van der Waals surface area (Å²) in [5, 5.41) is 0. The van der Waals surface area contributed by atoms with E-state index >= 15 is 0 Å². The third-order valence-electron chi connectivity index (χ3n) is 15.3. The van der Waals surface area contributed by atoms with E-state index in [0.717, 1.165) is 6.42 Å². The second kappa shape index (κ2) is 7.85. The van der Waals surface area contributed by atoms with Crippen LogP contribution in [0.15, 0.2) is 95.2 Å². The molecule has 0 amide bonds. The summed E-state index contributed by atoms with van der Waals surface area (Å²) >= 11 is 0. The summed E-state index contributed by atoms with van der Waals surface area (Å²) in [6, 6.07) is 0. The predicted molar refractivity (Wildman–Crippen MR) is 173 cm³/mol. The molecular weight excluding hydrogens is 480 g/mol. The molecule has 2 saturated carbocycles. The van der Waals surface area contributed by atoms with Crippen molar-refractivity contribution in [3.63, 3.8) is 0 Å². The zero-order valence-electron chi connectivity index (χ0n) is 27.5. The van der Waals surface area contributed by atoms with Crippen molar-refractivity contribution in [3.8, 4) is 0 Å². The molecule has 0 radical (unpaired) electrons. The van der Waals surface area contributed by atoms with Crippen LogP contribution in [0, 0.1) is 55.2 Å². The van der Waals surface area contributed by atoms with Crippen LogP contribution >= 0.6 is 0 Å². The Morgan fingerprint density at radius 1 is 0.775 bits per heavy atom. The van der Waals surface area contributed by atoms with Gasteiger partial charge in [-0.2, -0.15) is 0 Å². The minimum atomic E-state index is -0.0304. The molecule has 0 nitrogen and oxygen atoms in total. The lowest BCUT2D eigenvalue weighted by molar-refractivity contribution is -0.263. The Kier molecular flexibility index (Phi) is 5.50. The summed E-state index contributed by atoms with van der Waals surface area (Å²) in [5.74, 6) is 1.02. The van der Waals surface area contributed by atoms with E-state index in [1.807, 2.05) is 0 Å². The second-order valence-electron chi connectivity index (χ2n) is 16.6. The number of allylic oxidation sites excluding steroid dienone is 16. The minimum absolute atomic E-state index is 0.000145. The summed E-state index contributed by atoms with van der Waals surface area (Å²) in [4.78, 5) is 0. The highest BCUT2D eigenvalue weighted by molar-refractivity contribution is 5.59. The van der Waals surface area contributed by atoms with Gasteiger partial charge in [0.25, 0.3) is 0 Å². The van der Waals surface area contributed by atoms with Crippen LogP contribution in [-0.2, 0) is 0 Å². The molecule has 0 N–H and O–H groups in total. The van der Waals surface area contributed by atoms with Crippen LogP contribution in [-0.4, -0.2) is 0 Å². The van der Waals surface area contributed by atoms with Gasteiger partial charge in [0.2, 0.25) is 0 Å². The first-order valence-electron chi connectivity index (χ1n) is 16.0. The van der Waals surface area contributed by atoms with Crippen molar-refractivity contribution in [1.29, 1.82) is 0 Å². The Morgan fingerprint density at radius 2 is 1.30 bits per heavy atom. The molecule has 9 unspecified atom stereocenters. The fraction of sp³-hybridized carbons (Fsp3) is 0.600. The van der Waals surface area contributed by atoms with Crippen LogP contribution in [0.3, 0.4) is 0 Å². The lowest BCUT2D eigenvalue weighted by Gasteiger charge is -2.79. The monoisotopic (exact) mass is 534 g/mol. The molecule has 9 atom stereocenters. The van der Waals surface area contributed by atoms with Gasteiger partial charge >= 0.3 is 0 Å². The van der Waals surface area contributed by atoms with Gasteiger partial charge in [-0.1, -0.05) is 155 Å². The van der Waals surface area contributed by atoms with Gasteiger partial charge in [0.05, 0.1) is 0 Å². The zero-order valence-corrected chi connectivity index (χ0v) is 27.5.